The van der Waals surface area contributed by atoms with Crippen LogP contribution in [-0.4, -0.2) is 22.6 Å². The van der Waals surface area contributed by atoms with E-state index in [9.17, 15) is 8.42 Å². The van der Waals surface area contributed by atoms with E-state index in [4.69, 9.17) is 4.74 Å². The Morgan fingerprint density at radius 1 is 1.00 bits per heavy atom. The zero-order valence-electron chi connectivity index (χ0n) is 10.8. The van der Waals surface area contributed by atoms with Crippen molar-refractivity contribution in [1.82, 2.24) is 4.72 Å². The second-order valence-electron chi connectivity index (χ2n) is 3.93. The summed E-state index contributed by atoms with van der Waals surface area (Å²) in [5.74, 6) is 0.734. The van der Waals surface area contributed by atoms with Crippen LogP contribution in [0.4, 0.5) is 0 Å². The molecule has 0 radical (unpaired) electrons. The van der Waals surface area contributed by atoms with Gasteiger partial charge in [-0.1, -0.05) is 30.3 Å². The van der Waals surface area contributed by atoms with Crippen molar-refractivity contribution in [2.45, 2.75) is 4.90 Å². The first-order valence-electron chi connectivity index (χ1n) is 5.75. The highest BCUT2D eigenvalue weighted by Crippen LogP contribution is 2.28. The fourth-order valence-electron chi connectivity index (χ4n) is 1.82. The number of nitrogens with one attached hydrogen (secondary N) is 1. The molecule has 4 nitrogen and oxygen atoms in total. The molecule has 0 bridgehead atoms. The number of rotatable bonds is 4. The summed E-state index contributed by atoms with van der Waals surface area (Å²) in [7, 11) is -0.479. The van der Waals surface area contributed by atoms with Gasteiger partial charge in [0, 0.05) is 5.56 Å². The quantitative estimate of drug-likeness (QED) is 0.932. The molecule has 5 heteroatoms. The second kappa shape index (κ2) is 5.42. The lowest BCUT2D eigenvalue weighted by Crippen LogP contribution is -2.19. The number of sulfonamides is 1. The van der Waals surface area contributed by atoms with E-state index in [-0.39, 0.29) is 4.90 Å². The van der Waals surface area contributed by atoms with Crippen LogP contribution < -0.4 is 9.46 Å². The zero-order chi connectivity index (χ0) is 13.9. The van der Waals surface area contributed by atoms with Crippen molar-refractivity contribution in [2.24, 2.45) is 0 Å². The fraction of sp³-hybridized carbons (Fsp3) is 0.143. The van der Waals surface area contributed by atoms with E-state index >= 15 is 0 Å². The molecule has 0 aliphatic rings. The van der Waals surface area contributed by atoms with E-state index in [1.54, 1.807) is 37.4 Å². The van der Waals surface area contributed by atoms with Crippen LogP contribution in [0.5, 0.6) is 5.75 Å². The monoisotopic (exact) mass is 277 g/mol. The van der Waals surface area contributed by atoms with Crippen LogP contribution >= 0.6 is 0 Å². The summed E-state index contributed by atoms with van der Waals surface area (Å²) < 4.78 is 31.4. The maximum atomic E-state index is 12.0. The molecule has 100 valence electrons. The summed E-state index contributed by atoms with van der Waals surface area (Å²) in [5.41, 5.74) is 1.50. The van der Waals surface area contributed by atoms with Gasteiger partial charge < -0.3 is 4.74 Å². The van der Waals surface area contributed by atoms with Crippen LogP contribution in [0.1, 0.15) is 0 Å². The molecule has 0 saturated carbocycles. The summed E-state index contributed by atoms with van der Waals surface area (Å²) in [5, 5.41) is 0. The molecule has 0 aliphatic heterocycles. The molecule has 1 N–H and O–H groups in total. The Bertz CT molecular complexity index is 663. The predicted molar refractivity (Wildman–Crippen MR) is 74.7 cm³/mol. The van der Waals surface area contributed by atoms with E-state index in [2.05, 4.69) is 4.72 Å². The Kier molecular flexibility index (Phi) is 3.87. The average Bonchev–Trinajstić information content (AvgIpc) is 2.47. The minimum absolute atomic E-state index is 0.266. The molecule has 2 aromatic rings. The second-order valence-corrected chi connectivity index (χ2v) is 5.79. The Hall–Kier alpha value is -1.85. The summed E-state index contributed by atoms with van der Waals surface area (Å²) >= 11 is 0. The summed E-state index contributed by atoms with van der Waals surface area (Å²) in [6.07, 6.45) is 0. The first-order valence-corrected chi connectivity index (χ1v) is 7.24. The first-order chi connectivity index (χ1) is 9.08. The normalized spacial score (nSPS) is 11.3. The summed E-state index contributed by atoms with van der Waals surface area (Å²) in [6, 6.07) is 14.2. The van der Waals surface area contributed by atoms with Gasteiger partial charge in [0.05, 0.1) is 12.0 Å². The molecule has 0 aliphatic carbocycles. The maximum Gasteiger partial charge on any atom is 0.240 e. The Balaban J connectivity index is 2.56. The summed E-state index contributed by atoms with van der Waals surface area (Å²) in [6.45, 7) is 0. The van der Waals surface area contributed by atoms with Crippen molar-refractivity contribution in [3.63, 3.8) is 0 Å². The average molecular weight is 277 g/mol. The number of benzene rings is 2. The molecular formula is C14H15NO3S. The van der Waals surface area contributed by atoms with Gasteiger partial charge in [-0.15, -0.1) is 0 Å². The minimum atomic E-state index is -3.47. The van der Waals surface area contributed by atoms with E-state index in [1.807, 2.05) is 18.2 Å². The number of hydrogen-bond donors (Lipinski definition) is 1. The van der Waals surface area contributed by atoms with Crippen LogP contribution in [0.15, 0.2) is 53.4 Å². The lowest BCUT2D eigenvalue weighted by molar-refractivity contribution is 0.415. The van der Waals surface area contributed by atoms with Gasteiger partial charge >= 0.3 is 0 Å². The van der Waals surface area contributed by atoms with Crippen LogP contribution in [0.2, 0.25) is 0 Å². The van der Waals surface area contributed by atoms with Gasteiger partial charge in [0.2, 0.25) is 10.0 Å². The largest absolute Gasteiger partial charge is 0.497 e. The molecule has 0 spiro atoms. The molecule has 0 saturated heterocycles. The van der Waals surface area contributed by atoms with E-state index in [0.29, 0.717) is 5.56 Å². The molecule has 0 amide bonds. The van der Waals surface area contributed by atoms with E-state index in [0.717, 1.165) is 11.3 Å². The van der Waals surface area contributed by atoms with Crippen molar-refractivity contribution < 1.29 is 13.2 Å². The number of hydrogen-bond acceptors (Lipinski definition) is 3. The molecule has 0 heterocycles. The molecule has 19 heavy (non-hydrogen) atoms. The van der Waals surface area contributed by atoms with Gasteiger partial charge in [-0.2, -0.15) is 0 Å². The third kappa shape index (κ3) is 2.77. The minimum Gasteiger partial charge on any atom is -0.497 e. The molecule has 0 fully saturated rings. The van der Waals surface area contributed by atoms with Gasteiger partial charge in [0.15, 0.2) is 0 Å². The summed E-state index contributed by atoms with van der Waals surface area (Å²) in [4.78, 5) is 0.266. The van der Waals surface area contributed by atoms with Crippen LogP contribution in [0.25, 0.3) is 11.1 Å². The van der Waals surface area contributed by atoms with Gasteiger partial charge in [0.1, 0.15) is 5.75 Å². The van der Waals surface area contributed by atoms with E-state index < -0.39 is 10.0 Å². The highest BCUT2D eigenvalue weighted by molar-refractivity contribution is 7.89. The Morgan fingerprint density at radius 2 is 1.63 bits per heavy atom. The standard InChI is InChI=1S/C14H15NO3S/c1-15-19(16,17)14-6-4-3-5-13(14)11-7-9-12(18-2)10-8-11/h3-10,15H,1-2H3. The molecule has 0 aromatic heterocycles. The third-order valence-electron chi connectivity index (χ3n) is 2.85. The van der Waals surface area contributed by atoms with Crippen LogP contribution in [-0.2, 0) is 10.0 Å². The van der Waals surface area contributed by atoms with Gasteiger partial charge in [-0.05, 0) is 30.8 Å². The molecule has 2 aromatic carbocycles. The first kappa shape index (κ1) is 13.6. The maximum absolute atomic E-state index is 12.0. The highest BCUT2D eigenvalue weighted by atomic mass is 32.2. The van der Waals surface area contributed by atoms with Crippen LogP contribution in [0, 0.1) is 0 Å². The smallest absolute Gasteiger partial charge is 0.240 e. The predicted octanol–water partition coefficient (Wildman–Crippen LogP) is 2.27. The molecule has 0 unspecified atom stereocenters. The SMILES string of the molecule is CNS(=O)(=O)c1ccccc1-c1ccc(OC)cc1. The Morgan fingerprint density at radius 3 is 2.21 bits per heavy atom. The topological polar surface area (TPSA) is 55.4 Å². The van der Waals surface area contributed by atoms with Crippen molar-refractivity contribution in [2.75, 3.05) is 14.2 Å². The van der Waals surface area contributed by atoms with Crippen LogP contribution in [0.3, 0.4) is 0 Å². The zero-order valence-corrected chi connectivity index (χ0v) is 11.6. The fourth-order valence-corrected chi connectivity index (χ4v) is 2.77. The van der Waals surface area contributed by atoms with Gasteiger partial charge in [-0.3, -0.25) is 0 Å². The van der Waals surface area contributed by atoms with Crippen molar-refractivity contribution in [3.8, 4) is 16.9 Å². The van der Waals surface area contributed by atoms with E-state index in [1.165, 1.54) is 7.05 Å². The van der Waals surface area contributed by atoms with Crippen molar-refractivity contribution >= 4 is 10.0 Å². The van der Waals surface area contributed by atoms with Crippen molar-refractivity contribution in [1.29, 1.82) is 0 Å². The third-order valence-corrected chi connectivity index (χ3v) is 4.32. The molecule has 0 atom stereocenters. The Labute approximate surface area is 113 Å². The molecular weight excluding hydrogens is 262 g/mol. The number of ether oxygens (including phenoxy) is 1. The lowest BCUT2D eigenvalue weighted by atomic mass is 10.1. The molecule has 2 rings (SSSR count). The highest BCUT2D eigenvalue weighted by Gasteiger charge is 2.16. The van der Waals surface area contributed by atoms with Gasteiger partial charge in [-0.25, -0.2) is 13.1 Å². The van der Waals surface area contributed by atoms with Crippen molar-refractivity contribution in [3.05, 3.63) is 48.5 Å². The number of methoxy groups -OCH3 is 1. The lowest BCUT2D eigenvalue weighted by Gasteiger charge is -2.10. The van der Waals surface area contributed by atoms with Gasteiger partial charge in [0.25, 0.3) is 0 Å².